The number of carbonyl (C=O) groups is 1. The standard InChI is InChI=1S/C13H16O5S2/c1-20(16,17)11-5-3-10(4-6-11)19-8-9-2-7-12(18-9)13(14)15/h3-6,9,12H,2,7-8H2,1H3,(H,14,15). The predicted molar refractivity (Wildman–Crippen MR) is 75.8 cm³/mol. The molecule has 7 heteroatoms. The number of hydrogen-bond donors (Lipinski definition) is 1. The average Bonchev–Trinajstić information content (AvgIpc) is 2.85. The van der Waals surface area contributed by atoms with Gasteiger partial charge in [0, 0.05) is 16.9 Å². The molecule has 1 heterocycles. The van der Waals surface area contributed by atoms with E-state index in [9.17, 15) is 13.2 Å². The van der Waals surface area contributed by atoms with Crippen molar-refractivity contribution < 1.29 is 23.1 Å². The summed E-state index contributed by atoms with van der Waals surface area (Å²) in [5, 5.41) is 8.83. The smallest absolute Gasteiger partial charge is 0.332 e. The highest BCUT2D eigenvalue weighted by Crippen LogP contribution is 2.27. The summed E-state index contributed by atoms with van der Waals surface area (Å²) in [5.41, 5.74) is 0. The van der Waals surface area contributed by atoms with E-state index in [1.165, 1.54) is 18.0 Å². The van der Waals surface area contributed by atoms with Crippen LogP contribution in [0.25, 0.3) is 0 Å². The van der Waals surface area contributed by atoms with Gasteiger partial charge >= 0.3 is 5.97 Å². The molecular formula is C13H16O5S2. The molecule has 2 rings (SSSR count). The Morgan fingerprint density at radius 1 is 1.35 bits per heavy atom. The van der Waals surface area contributed by atoms with Crippen molar-refractivity contribution in [2.75, 3.05) is 12.0 Å². The monoisotopic (exact) mass is 316 g/mol. The van der Waals surface area contributed by atoms with Gasteiger partial charge in [0.05, 0.1) is 11.0 Å². The molecule has 0 saturated carbocycles. The van der Waals surface area contributed by atoms with E-state index in [2.05, 4.69) is 0 Å². The van der Waals surface area contributed by atoms with Crippen LogP contribution in [0.15, 0.2) is 34.1 Å². The van der Waals surface area contributed by atoms with Crippen LogP contribution < -0.4 is 0 Å². The zero-order valence-corrected chi connectivity index (χ0v) is 12.6. The number of hydrogen-bond acceptors (Lipinski definition) is 5. The Bertz CT molecular complexity index is 579. The van der Waals surface area contributed by atoms with E-state index in [1.807, 2.05) is 0 Å². The SMILES string of the molecule is CS(=O)(=O)c1ccc(SCC2CCC(C(=O)O)O2)cc1. The van der Waals surface area contributed by atoms with Crippen molar-refractivity contribution in [3.05, 3.63) is 24.3 Å². The first-order valence-electron chi connectivity index (χ1n) is 6.17. The van der Waals surface area contributed by atoms with Crippen LogP contribution in [0.4, 0.5) is 0 Å². The molecule has 20 heavy (non-hydrogen) atoms. The molecule has 0 spiro atoms. The van der Waals surface area contributed by atoms with Gasteiger partial charge in [-0.05, 0) is 37.1 Å². The first-order valence-corrected chi connectivity index (χ1v) is 9.05. The lowest BCUT2D eigenvalue weighted by atomic mass is 10.2. The van der Waals surface area contributed by atoms with Gasteiger partial charge in [0.1, 0.15) is 0 Å². The van der Waals surface area contributed by atoms with Gasteiger partial charge in [0.2, 0.25) is 0 Å². The Hall–Kier alpha value is -1.05. The summed E-state index contributed by atoms with van der Waals surface area (Å²) in [6.45, 7) is 0. The molecule has 1 aliphatic rings. The fourth-order valence-corrected chi connectivity index (χ4v) is 3.56. The number of ether oxygens (including phenoxy) is 1. The van der Waals surface area contributed by atoms with Crippen molar-refractivity contribution >= 4 is 27.6 Å². The van der Waals surface area contributed by atoms with E-state index in [0.29, 0.717) is 17.1 Å². The van der Waals surface area contributed by atoms with E-state index < -0.39 is 21.9 Å². The summed E-state index contributed by atoms with van der Waals surface area (Å²) in [5.74, 6) is -0.239. The second kappa shape index (κ2) is 6.15. The van der Waals surface area contributed by atoms with Gasteiger partial charge < -0.3 is 9.84 Å². The van der Waals surface area contributed by atoms with Crippen molar-refractivity contribution in [3.63, 3.8) is 0 Å². The minimum absolute atomic E-state index is 0.0596. The maximum absolute atomic E-state index is 11.3. The quantitative estimate of drug-likeness (QED) is 0.835. The fourth-order valence-electron chi connectivity index (χ4n) is 1.98. The number of sulfone groups is 1. The maximum Gasteiger partial charge on any atom is 0.332 e. The lowest BCUT2D eigenvalue weighted by molar-refractivity contribution is -0.148. The molecule has 0 bridgehead atoms. The normalized spacial score (nSPS) is 22.9. The van der Waals surface area contributed by atoms with Gasteiger partial charge in [-0.2, -0.15) is 0 Å². The highest BCUT2D eigenvalue weighted by molar-refractivity contribution is 7.99. The molecule has 1 N–H and O–H groups in total. The van der Waals surface area contributed by atoms with Crippen LogP contribution in [-0.2, 0) is 19.4 Å². The molecule has 1 aromatic rings. The molecule has 0 radical (unpaired) electrons. The topological polar surface area (TPSA) is 80.7 Å². The first-order chi connectivity index (χ1) is 9.36. The number of thioether (sulfide) groups is 1. The van der Waals surface area contributed by atoms with Gasteiger partial charge in [0.15, 0.2) is 15.9 Å². The third kappa shape index (κ3) is 3.97. The zero-order chi connectivity index (χ0) is 14.8. The van der Waals surface area contributed by atoms with Crippen LogP contribution in [-0.4, -0.2) is 43.7 Å². The predicted octanol–water partition coefficient (Wildman–Crippen LogP) is 1.81. The van der Waals surface area contributed by atoms with Crippen LogP contribution in [0.3, 0.4) is 0 Å². The molecular weight excluding hydrogens is 300 g/mol. The molecule has 110 valence electrons. The van der Waals surface area contributed by atoms with Crippen molar-refractivity contribution in [3.8, 4) is 0 Å². The molecule has 2 atom stereocenters. The molecule has 0 amide bonds. The molecule has 5 nitrogen and oxygen atoms in total. The van der Waals surface area contributed by atoms with Gasteiger partial charge in [-0.25, -0.2) is 13.2 Å². The third-order valence-corrected chi connectivity index (χ3v) is 5.34. The second-order valence-corrected chi connectivity index (χ2v) is 7.83. The van der Waals surface area contributed by atoms with Gasteiger partial charge in [-0.3, -0.25) is 0 Å². The van der Waals surface area contributed by atoms with Crippen molar-refractivity contribution in [2.45, 2.75) is 34.8 Å². The highest BCUT2D eigenvalue weighted by atomic mass is 32.2. The second-order valence-electron chi connectivity index (χ2n) is 4.72. The summed E-state index contributed by atoms with van der Waals surface area (Å²) in [4.78, 5) is 12.0. The fraction of sp³-hybridized carbons (Fsp3) is 0.462. The van der Waals surface area contributed by atoms with Crippen LogP contribution >= 0.6 is 11.8 Å². The van der Waals surface area contributed by atoms with Gasteiger partial charge in [0.25, 0.3) is 0 Å². The Balaban J connectivity index is 1.88. The van der Waals surface area contributed by atoms with Gasteiger partial charge in [-0.1, -0.05) is 0 Å². The highest BCUT2D eigenvalue weighted by Gasteiger charge is 2.30. The summed E-state index contributed by atoms with van der Waals surface area (Å²) in [6.07, 6.45) is 1.72. The lowest BCUT2D eigenvalue weighted by Crippen LogP contribution is -2.21. The minimum Gasteiger partial charge on any atom is -0.479 e. The van der Waals surface area contributed by atoms with E-state index in [1.54, 1.807) is 24.3 Å². The lowest BCUT2D eigenvalue weighted by Gasteiger charge is -2.10. The number of carboxylic acids is 1. The molecule has 1 fully saturated rings. The van der Waals surface area contributed by atoms with Gasteiger partial charge in [-0.15, -0.1) is 11.8 Å². The maximum atomic E-state index is 11.3. The number of carboxylic acid groups (broad SMARTS) is 1. The van der Waals surface area contributed by atoms with E-state index in [-0.39, 0.29) is 6.10 Å². The zero-order valence-electron chi connectivity index (χ0n) is 11.0. The largest absolute Gasteiger partial charge is 0.479 e. The third-order valence-electron chi connectivity index (χ3n) is 3.07. The Kier molecular flexibility index (Phi) is 4.72. The van der Waals surface area contributed by atoms with E-state index in [4.69, 9.17) is 9.84 Å². The van der Waals surface area contributed by atoms with Crippen LogP contribution in [0.2, 0.25) is 0 Å². The van der Waals surface area contributed by atoms with Crippen molar-refractivity contribution in [1.82, 2.24) is 0 Å². The molecule has 1 saturated heterocycles. The number of rotatable bonds is 5. The summed E-state index contributed by atoms with van der Waals surface area (Å²) in [6, 6.07) is 6.66. The van der Waals surface area contributed by atoms with E-state index >= 15 is 0 Å². The van der Waals surface area contributed by atoms with Crippen LogP contribution in [0.5, 0.6) is 0 Å². The Labute approximate surface area is 122 Å². The summed E-state index contributed by atoms with van der Waals surface area (Å²) < 4.78 is 28.1. The van der Waals surface area contributed by atoms with Crippen molar-refractivity contribution in [1.29, 1.82) is 0 Å². The first kappa shape index (κ1) is 15.3. The molecule has 0 aliphatic carbocycles. The minimum atomic E-state index is -3.17. The molecule has 1 aromatic carbocycles. The molecule has 1 aliphatic heterocycles. The van der Waals surface area contributed by atoms with Crippen molar-refractivity contribution in [2.24, 2.45) is 0 Å². The Morgan fingerprint density at radius 3 is 2.50 bits per heavy atom. The van der Waals surface area contributed by atoms with Crippen LogP contribution in [0, 0.1) is 0 Å². The van der Waals surface area contributed by atoms with E-state index in [0.717, 1.165) is 11.3 Å². The number of aliphatic carboxylic acids is 1. The molecule has 2 unspecified atom stereocenters. The summed E-state index contributed by atoms with van der Waals surface area (Å²) in [7, 11) is -3.17. The number of benzene rings is 1. The Morgan fingerprint density at radius 2 is 2.00 bits per heavy atom. The molecule has 0 aromatic heterocycles. The summed E-state index contributed by atoms with van der Waals surface area (Å²) >= 11 is 1.54. The van der Waals surface area contributed by atoms with Crippen LogP contribution in [0.1, 0.15) is 12.8 Å². The average molecular weight is 316 g/mol.